The van der Waals surface area contributed by atoms with Crippen LogP contribution in [-0.2, 0) is 16.1 Å². The second kappa shape index (κ2) is 6.06. The molecule has 1 heterocycles. The van der Waals surface area contributed by atoms with E-state index >= 15 is 0 Å². The van der Waals surface area contributed by atoms with Crippen molar-refractivity contribution in [3.8, 4) is 6.19 Å². The lowest BCUT2D eigenvalue weighted by Crippen LogP contribution is -2.16. The number of hydrogen-bond donors (Lipinski definition) is 0. The van der Waals surface area contributed by atoms with E-state index in [9.17, 15) is 4.79 Å². The molecule has 1 atom stereocenters. The van der Waals surface area contributed by atoms with Crippen LogP contribution in [0.5, 0.6) is 0 Å². The molecule has 18 heavy (non-hydrogen) atoms. The highest BCUT2D eigenvalue weighted by Crippen LogP contribution is 2.19. The predicted molar refractivity (Wildman–Crippen MR) is 66.1 cm³/mol. The lowest BCUT2D eigenvalue weighted by Gasteiger charge is -2.09. The molecule has 1 aromatic carbocycles. The Labute approximate surface area is 107 Å². The first-order chi connectivity index (χ1) is 8.78. The molecule has 2 rings (SSSR count). The molecule has 0 saturated carbocycles. The Morgan fingerprint density at radius 3 is 2.89 bits per heavy atom. The molecule has 0 aliphatic carbocycles. The van der Waals surface area contributed by atoms with Crippen LogP contribution in [0, 0.1) is 17.4 Å². The minimum Gasteiger partial charge on any atom is -0.461 e. The molecule has 0 spiro atoms. The maximum absolute atomic E-state index is 11.6. The van der Waals surface area contributed by atoms with Crippen molar-refractivity contribution in [3.63, 3.8) is 0 Å². The molecule has 94 valence electrons. The second-order valence-corrected chi connectivity index (χ2v) is 4.55. The quantitative estimate of drug-likeness (QED) is 0.600. The van der Waals surface area contributed by atoms with Gasteiger partial charge in [0.1, 0.15) is 6.61 Å². The van der Waals surface area contributed by atoms with E-state index in [4.69, 9.17) is 10.00 Å². The van der Waals surface area contributed by atoms with Crippen LogP contribution in [0.15, 0.2) is 30.3 Å². The normalized spacial score (nSPS) is 18.4. The summed E-state index contributed by atoms with van der Waals surface area (Å²) in [5, 5.41) is 8.73. The van der Waals surface area contributed by atoms with Crippen molar-refractivity contribution in [2.75, 3.05) is 13.1 Å². The first-order valence-electron chi connectivity index (χ1n) is 6.12. The van der Waals surface area contributed by atoms with Crippen molar-refractivity contribution in [1.29, 1.82) is 5.26 Å². The van der Waals surface area contributed by atoms with Gasteiger partial charge in [-0.05, 0) is 17.9 Å². The summed E-state index contributed by atoms with van der Waals surface area (Å²) in [7, 11) is 0. The van der Waals surface area contributed by atoms with Crippen LogP contribution in [0.25, 0.3) is 0 Å². The molecule has 0 aromatic heterocycles. The van der Waals surface area contributed by atoms with E-state index in [-0.39, 0.29) is 11.9 Å². The molecule has 4 heteroatoms. The number of esters is 1. The van der Waals surface area contributed by atoms with Gasteiger partial charge in [0.2, 0.25) is 0 Å². The Kier molecular flexibility index (Phi) is 4.19. The first kappa shape index (κ1) is 12.4. The zero-order valence-corrected chi connectivity index (χ0v) is 10.2. The number of benzene rings is 1. The second-order valence-electron chi connectivity index (χ2n) is 4.55. The molecule has 1 aliphatic rings. The number of ether oxygens (including phenoxy) is 1. The fourth-order valence-electron chi connectivity index (χ4n) is 2.12. The summed E-state index contributed by atoms with van der Waals surface area (Å²) in [6.07, 6.45) is 3.41. The van der Waals surface area contributed by atoms with E-state index in [1.807, 2.05) is 30.3 Å². The summed E-state index contributed by atoms with van der Waals surface area (Å²) < 4.78 is 5.22. The molecule has 1 fully saturated rings. The number of carbonyl (C=O) groups is 1. The van der Waals surface area contributed by atoms with Gasteiger partial charge in [0, 0.05) is 13.1 Å². The molecule has 1 saturated heterocycles. The average molecular weight is 244 g/mol. The van der Waals surface area contributed by atoms with Gasteiger partial charge >= 0.3 is 5.97 Å². The van der Waals surface area contributed by atoms with Gasteiger partial charge in [-0.3, -0.25) is 4.79 Å². The highest BCUT2D eigenvalue weighted by atomic mass is 16.5. The monoisotopic (exact) mass is 244 g/mol. The zero-order valence-electron chi connectivity index (χ0n) is 10.2. The van der Waals surface area contributed by atoms with Crippen molar-refractivity contribution in [3.05, 3.63) is 35.9 Å². The van der Waals surface area contributed by atoms with Gasteiger partial charge in [-0.25, -0.2) is 0 Å². The number of carbonyl (C=O) groups excluding carboxylic acids is 1. The smallest absolute Gasteiger partial charge is 0.306 e. The van der Waals surface area contributed by atoms with Crippen molar-refractivity contribution >= 4 is 5.97 Å². The largest absolute Gasteiger partial charge is 0.461 e. The van der Waals surface area contributed by atoms with Crippen molar-refractivity contribution in [1.82, 2.24) is 4.90 Å². The number of hydrogen-bond acceptors (Lipinski definition) is 4. The zero-order chi connectivity index (χ0) is 12.8. The first-order valence-corrected chi connectivity index (χ1v) is 6.12. The predicted octanol–water partition coefficient (Wildman–Crippen LogP) is 1.92. The molecular weight excluding hydrogens is 228 g/mol. The van der Waals surface area contributed by atoms with E-state index in [1.54, 1.807) is 4.90 Å². The van der Waals surface area contributed by atoms with Crippen molar-refractivity contribution < 1.29 is 9.53 Å². The van der Waals surface area contributed by atoms with Gasteiger partial charge in [0.25, 0.3) is 0 Å². The van der Waals surface area contributed by atoms with Gasteiger partial charge in [0.05, 0.1) is 6.42 Å². The van der Waals surface area contributed by atoms with Crippen LogP contribution in [0.3, 0.4) is 0 Å². The van der Waals surface area contributed by atoms with E-state index in [0.717, 1.165) is 18.5 Å². The van der Waals surface area contributed by atoms with Crippen LogP contribution < -0.4 is 0 Å². The van der Waals surface area contributed by atoms with Crippen molar-refractivity contribution in [2.45, 2.75) is 19.4 Å². The van der Waals surface area contributed by atoms with E-state index < -0.39 is 0 Å². The number of rotatable bonds is 4. The van der Waals surface area contributed by atoms with Gasteiger partial charge < -0.3 is 9.64 Å². The van der Waals surface area contributed by atoms with Crippen LogP contribution in [0.2, 0.25) is 0 Å². The summed E-state index contributed by atoms with van der Waals surface area (Å²) in [5.41, 5.74) is 0.996. The number of nitrogens with zero attached hydrogens (tertiary/aromatic N) is 2. The van der Waals surface area contributed by atoms with Crippen molar-refractivity contribution in [2.24, 2.45) is 5.92 Å². The van der Waals surface area contributed by atoms with Crippen LogP contribution >= 0.6 is 0 Å². The summed E-state index contributed by atoms with van der Waals surface area (Å²) in [6, 6.07) is 9.64. The number of likely N-dealkylation sites (tertiary alicyclic amines) is 1. The van der Waals surface area contributed by atoms with Gasteiger partial charge in [0.15, 0.2) is 6.19 Å². The third-order valence-electron chi connectivity index (χ3n) is 3.13. The molecule has 1 unspecified atom stereocenters. The Bertz CT molecular complexity index is 439. The summed E-state index contributed by atoms with van der Waals surface area (Å²) in [6.45, 7) is 1.76. The van der Waals surface area contributed by atoms with Gasteiger partial charge in [-0.1, -0.05) is 30.3 Å². The molecule has 0 bridgehead atoms. The highest BCUT2D eigenvalue weighted by molar-refractivity contribution is 5.69. The fraction of sp³-hybridized carbons (Fsp3) is 0.429. The van der Waals surface area contributed by atoms with Crippen LogP contribution in [0.4, 0.5) is 0 Å². The van der Waals surface area contributed by atoms with Gasteiger partial charge in [-0.15, -0.1) is 0 Å². The minimum absolute atomic E-state index is 0.177. The molecular formula is C14H16N2O2. The summed E-state index contributed by atoms with van der Waals surface area (Å²) in [5.74, 6) is 0.0802. The topological polar surface area (TPSA) is 53.3 Å². The fourth-order valence-corrected chi connectivity index (χ4v) is 2.12. The molecule has 0 radical (unpaired) electrons. The maximum Gasteiger partial charge on any atom is 0.306 e. The number of nitriles is 1. The summed E-state index contributed by atoms with van der Waals surface area (Å²) in [4.78, 5) is 13.3. The lowest BCUT2D eigenvalue weighted by atomic mass is 10.1. The highest BCUT2D eigenvalue weighted by Gasteiger charge is 2.24. The molecule has 1 aliphatic heterocycles. The van der Waals surface area contributed by atoms with E-state index in [0.29, 0.717) is 19.6 Å². The average Bonchev–Trinajstić information content (AvgIpc) is 2.85. The van der Waals surface area contributed by atoms with E-state index in [1.165, 1.54) is 0 Å². The van der Waals surface area contributed by atoms with Crippen LogP contribution in [-0.4, -0.2) is 24.0 Å². The minimum atomic E-state index is -0.177. The molecule has 0 amide bonds. The molecule has 0 N–H and O–H groups in total. The SMILES string of the molecule is N#CN1CCC(CC(=O)OCc2ccccc2)C1. The summed E-state index contributed by atoms with van der Waals surface area (Å²) >= 11 is 0. The third-order valence-corrected chi connectivity index (χ3v) is 3.13. The standard InChI is InChI=1S/C14H16N2O2/c15-11-16-7-6-13(9-16)8-14(17)18-10-12-4-2-1-3-5-12/h1-5,13H,6-10H2. The van der Waals surface area contributed by atoms with Crippen LogP contribution in [0.1, 0.15) is 18.4 Å². The lowest BCUT2D eigenvalue weighted by molar-refractivity contribution is -0.146. The Morgan fingerprint density at radius 1 is 1.44 bits per heavy atom. The Morgan fingerprint density at radius 2 is 2.22 bits per heavy atom. The Hall–Kier alpha value is -2.02. The third kappa shape index (κ3) is 3.49. The molecule has 4 nitrogen and oxygen atoms in total. The van der Waals surface area contributed by atoms with Gasteiger partial charge in [-0.2, -0.15) is 5.26 Å². The Balaban J connectivity index is 1.72. The van der Waals surface area contributed by atoms with E-state index in [2.05, 4.69) is 6.19 Å². The maximum atomic E-state index is 11.6. The molecule has 1 aromatic rings.